The van der Waals surface area contributed by atoms with E-state index in [0.717, 1.165) is 11.3 Å². The first-order valence-corrected chi connectivity index (χ1v) is 8.08. The monoisotopic (exact) mass is 343 g/mol. The first-order valence-electron chi connectivity index (χ1n) is 5.47. The molecule has 1 aromatic carbocycles. The van der Waals surface area contributed by atoms with Crippen LogP contribution in [-0.2, 0) is 14.3 Å². The molecule has 0 radical (unpaired) electrons. The summed E-state index contributed by atoms with van der Waals surface area (Å²) in [6, 6.07) is 7.56. The Labute approximate surface area is 127 Å². The van der Waals surface area contributed by atoms with Gasteiger partial charge >= 0.3 is 0 Å². The van der Waals surface area contributed by atoms with Gasteiger partial charge in [-0.1, -0.05) is 46.9 Å². The zero-order valence-corrected chi connectivity index (χ0v) is 13.1. The molecule has 19 heavy (non-hydrogen) atoms. The number of rotatable bonds is 4. The fourth-order valence-electron chi connectivity index (χ4n) is 1.67. The third-order valence-electron chi connectivity index (χ3n) is 2.62. The molecule has 1 aromatic rings. The second-order valence-electron chi connectivity index (χ2n) is 4.32. The van der Waals surface area contributed by atoms with Crippen LogP contribution in [-0.4, -0.2) is 30.7 Å². The van der Waals surface area contributed by atoms with Gasteiger partial charge in [-0.2, -0.15) is 8.42 Å². The lowest BCUT2D eigenvalue weighted by Crippen LogP contribution is -2.22. The number of hydrogen-bond donors (Lipinski definition) is 0. The molecule has 2 rings (SSSR count). The van der Waals surface area contributed by atoms with Gasteiger partial charge in [0.1, 0.15) is 6.61 Å². The molecule has 0 bridgehead atoms. The second-order valence-corrected chi connectivity index (χ2v) is 8.60. The van der Waals surface area contributed by atoms with Gasteiger partial charge in [0.25, 0.3) is 10.1 Å². The van der Waals surface area contributed by atoms with Crippen LogP contribution >= 0.6 is 34.8 Å². The fraction of sp³-hybridized carbons (Fsp3) is 0.455. The predicted molar refractivity (Wildman–Crippen MR) is 77.5 cm³/mol. The van der Waals surface area contributed by atoms with Crippen LogP contribution in [0.5, 0.6) is 0 Å². The molecule has 0 aromatic heterocycles. The van der Waals surface area contributed by atoms with Crippen LogP contribution in [0.3, 0.4) is 0 Å². The van der Waals surface area contributed by atoms with Gasteiger partial charge in [-0.15, -0.1) is 0 Å². The third kappa shape index (κ3) is 4.13. The Morgan fingerprint density at radius 1 is 1.42 bits per heavy atom. The average Bonchev–Trinajstić information content (AvgIpc) is 3.06. The minimum Gasteiger partial charge on any atom is -0.348 e. The summed E-state index contributed by atoms with van der Waals surface area (Å²) in [5.41, 5.74) is 1.90. The van der Waals surface area contributed by atoms with Gasteiger partial charge in [-0.05, 0) is 24.6 Å². The van der Waals surface area contributed by atoms with E-state index >= 15 is 0 Å². The molecule has 0 saturated carbocycles. The molecule has 0 N–H and O–H groups in total. The summed E-state index contributed by atoms with van der Waals surface area (Å²) in [4.78, 5) is 1.71. The van der Waals surface area contributed by atoms with Gasteiger partial charge in [0.05, 0.1) is 6.54 Å². The molecule has 1 fully saturated rings. The first-order chi connectivity index (χ1) is 8.69. The molecule has 1 heterocycles. The van der Waals surface area contributed by atoms with Crippen LogP contribution in [0, 0.1) is 6.92 Å². The van der Waals surface area contributed by atoms with Gasteiger partial charge in [0.2, 0.25) is 3.79 Å². The third-order valence-corrected chi connectivity index (χ3v) is 4.46. The molecule has 1 saturated heterocycles. The lowest BCUT2D eigenvalue weighted by molar-refractivity contribution is 0.325. The topological polar surface area (TPSA) is 46.4 Å². The number of halogens is 3. The Hall–Kier alpha value is -0.200. The van der Waals surface area contributed by atoms with E-state index in [0.29, 0.717) is 6.54 Å². The van der Waals surface area contributed by atoms with E-state index in [1.54, 1.807) is 4.90 Å². The zero-order chi connectivity index (χ0) is 14.3. The van der Waals surface area contributed by atoms with Crippen LogP contribution in [0.25, 0.3) is 0 Å². The number of nitrogens with zero attached hydrogens (tertiary/aromatic N) is 1. The summed E-state index contributed by atoms with van der Waals surface area (Å²) in [6.45, 7) is 1.83. The molecular weight excluding hydrogens is 333 g/mol. The molecule has 0 spiro atoms. The fourth-order valence-corrected chi connectivity index (χ4v) is 3.31. The highest BCUT2D eigenvalue weighted by molar-refractivity contribution is 7.87. The van der Waals surface area contributed by atoms with Gasteiger partial charge in [0, 0.05) is 5.69 Å². The van der Waals surface area contributed by atoms with Crippen molar-refractivity contribution >= 4 is 50.6 Å². The van der Waals surface area contributed by atoms with Crippen molar-refractivity contribution in [3.05, 3.63) is 29.8 Å². The standard InChI is InChI=1S/C11H12Cl3NO3S/c1-8-3-2-4-9(5-8)15-6-10(15)19(16,17)18-7-11(12,13)14/h2-5,10H,6-7H2,1H3. The van der Waals surface area contributed by atoms with Crippen molar-refractivity contribution in [2.45, 2.75) is 16.1 Å². The summed E-state index contributed by atoms with van der Waals surface area (Å²) in [5, 5.41) is -0.707. The molecule has 1 unspecified atom stereocenters. The molecule has 4 nitrogen and oxygen atoms in total. The Balaban J connectivity index is 2.02. The van der Waals surface area contributed by atoms with E-state index in [2.05, 4.69) is 0 Å². The maximum Gasteiger partial charge on any atom is 0.290 e. The number of hydrogen-bond acceptors (Lipinski definition) is 4. The molecule has 1 atom stereocenters. The van der Waals surface area contributed by atoms with Crippen molar-refractivity contribution < 1.29 is 12.6 Å². The molecule has 8 heteroatoms. The summed E-state index contributed by atoms with van der Waals surface area (Å²) in [6.07, 6.45) is 0. The molecule has 0 amide bonds. The minimum absolute atomic E-state index is 0.381. The predicted octanol–water partition coefficient (Wildman–Crippen LogP) is 2.86. The molecule has 1 aliphatic heterocycles. The van der Waals surface area contributed by atoms with Gasteiger partial charge < -0.3 is 4.90 Å². The summed E-state index contributed by atoms with van der Waals surface area (Å²) >= 11 is 16.4. The van der Waals surface area contributed by atoms with E-state index in [9.17, 15) is 8.42 Å². The van der Waals surface area contributed by atoms with Crippen LogP contribution in [0.4, 0.5) is 5.69 Å². The highest BCUT2D eigenvalue weighted by Gasteiger charge is 2.47. The van der Waals surface area contributed by atoms with E-state index < -0.39 is 25.9 Å². The van der Waals surface area contributed by atoms with Crippen molar-refractivity contribution in [3.8, 4) is 0 Å². The summed E-state index contributed by atoms with van der Waals surface area (Å²) in [5.74, 6) is 0. The molecular formula is C11H12Cl3NO3S. The maximum absolute atomic E-state index is 11.9. The van der Waals surface area contributed by atoms with Gasteiger partial charge in [0.15, 0.2) is 5.37 Å². The van der Waals surface area contributed by atoms with Crippen molar-refractivity contribution in [3.63, 3.8) is 0 Å². The first kappa shape index (κ1) is 15.2. The minimum atomic E-state index is -3.76. The lowest BCUT2D eigenvalue weighted by atomic mass is 10.2. The number of alkyl halides is 3. The van der Waals surface area contributed by atoms with E-state index in [-0.39, 0.29) is 0 Å². The van der Waals surface area contributed by atoms with Crippen LogP contribution < -0.4 is 4.90 Å². The van der Waals surface area contributed by atoms with Crippen molar-refractivity contribution in [1.82, 2.24) is 0 Å². The van der Waals surface area contributed by atoms with Crippen molar-refractivity contribution in [2.24, 2.45) is 0 Å². The van der Waals surface area contributed by atoms with Gasteiger partial charge in [-0.3, -0.25) is 4.18 Å². The Morgan fingerprint density at radius 2 is 2.11 bits per heavy atom. The Morgan fingerprint density at radius 3 is 2.68 bits per heavy atom. The quantitative estimate of drug-likeness (QED) is 0.479. The number of anilines is 1. The molecule has 0 aliphatic carbocycles. The number of benzene rings is 1. The Bertz CT molecular complexity index is 571. The van der Waals surface area contributed by atoms with E-state index in [1.807, 2.05) is 31.2 Å². The van der Waals surface area contributed by atoms with Crippen LogP contribution in [0.15, 0.2) is 24.3 Å². The molecule has 106 valence electrons. The maximum atomic E-state index is 11.9. The summed E-state index contributed by atoms with van der Waals surface area (Å²) < 4.78 is 26.7. The lowest BCUT2D eigenvalue weighted by Gasteiger charge is -2.12. The second kappa shape index (κ2) is 5.30. The van der Waals surface area contributed by atoms with E-state index in [4.69, 9.17) is 39.0 Å². The van der Waals surface area contributed by atoms with Crippen LogP contribution in [0.2, 0.25) is 0 Å². The van der Waals surface area contributed by atoms with Gasteiger partial charge in [-0.25, -0.2) is 0 Å². The Kier molecular flexibility index (Phi) is 4.23. The number of aryl methyl sites for hydroxylation is 1. The average molecular weight is 345 g/mol. The smallest absolute Gasteiger partial charge is 0.290 e. The largest absolute Gasteiger partial charge is 0.348 e. The SMILES string of the molecule is Cc1cccc(N2CC2S(=O)(=O)OCC(Cl)(Cl)Cl)c1. The van der Waals surface area contributed by atoms with Crippen LogP contribution in [0.1, 0.15) is 5.56 Å². The van der Waals surface area contributed by atoms with Crippen molar-refractivity contribution in [1.29, 1.82) is 0 Å². The highest BCUT2D eigenvalue weighted by Crippen LogP contribution is 2.34. The van der Waals surface area contributed by atoms with E-state index in [1.165, 1.54) is 0 Å². The highest BCUT2D eigenvalue weighted by atomic mass is 35.6. The zero-order valence-electron chi connectivity index (χ0n) is 10.0. The molecule has 1 aliphatic rings. The summed E-state index contributed by atoms with van der Waals surface area (Å²) in [7, 11) is -3.76. The van der Waals surface area contributed by atoms with Crippen molar-refractivity contribution in [2.75, 3.05) is 18.1 Å². The normalized spacial score (nSPS) is 19.6.